The number of ether oxygens (including phenoxy) is 1. The number of aromatic nitrogens is 2. The van der Waals surface area contributed by atoms with Gasteiger partial charge in [-0.05, 0) is 57.3 Å². The van der Waals surface area contributed by atoms with E-state index in [1.165, 1.54) is 24.1 Å². The minimum Gasteiger partial charge on any atom is -0.445 e. The van der Waals surface area contributed by atoms with E-state index in [0.717, 1.165) is 50.3 Å². The molecule has 7 heteroatoms. The summed E-state index contributed by atoms with van der Waals surface area (Å²) >= 11 is 0. The van der Waals surface area contributed by atoms with Gasteiger partial charge in [0.1, 0.15) is 12.4 Å². The molecule has 1 fully saturated rings. The van der Waals surface area contributed by atoms with E-state index in [9.17, 15) is 4.79 Å². The van der Waals surface area contributed by atoms with Gasteiger partial charge in [0.25, 0.3) is 0 Å². The molecule has 1 amide bonds. The number of hydrogen-bond acceptors (Lipinski definition) is 6. The van der Waals surface area contributed by atoms with Crippen molar-refractivity contribution in [2.24, 2.45) is 5.92 Å². The predicted molar refractivity (Wildman–Crippen MR) is 112 cm³/mol. The number of hydrogen-bond donors (Lipinski definition) is 2. The first-order valence-corrected chi connectivity index (χ1v) is 10.4. The fraction of sp³-hybridized carbons (Fsp3) is 0.667. The highest BCUT2D eigenvalue weighted by Gasteiger charge is 2.24. The summed E-state index contributed by atoms with van der Waals surface area (Å²) in [6, 6.07) is 0.389. The molecule has 0 bridgehead atoms. The van der Waals surface area contributed by atoms with Crippen molar-refractivity contribution >= 4 is 17.9 Å². The zero-order chi connectivity index (χ0) is 19.9. The van der Waals surface area contributed by atoms with E-state index in [1.807, 2.05) is 0 Å². The van der Waals surface area contributed by atoms with Crippen LogP contribution in [0.1, 0.15) is 49.8 Å². The number of nitrogens with one attached hydrogen (secondary N) is 2. The Balaban J connectivity index is 1.51. The summed E-state index contributed by atoms with van der Waals surface area (Å²) in [5, 5.41) is 6.41. The molecular weight excluding hydrogens is 354 g/mol. The van der Waals surface area contributed by atoms with Crippen molar-refractivity contribution in [1.29, 1.82) is 0 Å². The number of fused-ring (bicyclic) bond motifs is 1. The fourth-order valence-corrected chi connectivity index (χ4v) is 4.12. The molecule has 2 aliphatic rings. The third kappa shape index (κ3) is 5.36. The van der Waals surface area contributed by atoms with Crippen LogP contribution in [0, 0.1) is 5.92 Å². The third-order valence-electron chi connectivity index (χ3n) is 5.63. The maximum atomic E-state index is 11.5. The maximum Gasteiger partial charge on any atom is 0.407 e. The van der Waals surface area contributed by atoms with Gasteiger partial charge in [-0.3, -0.25) is 0 Å². The molecule has 0 radical (unpaired) electrons. The van der Waals surface area contributed by atoms with Crippen molar-refractivity contribution < 1.29 is 9.53 Å². The molecule has 0 saturated heterocycles. The van der Waals surface area contributed by atoms with Crippen molar-refractivity contribution in [2.45, 2.75) is 57.4 Å². The van der Waals surface area contributed by atoms with E-state index in [1.54, 1.807) is 6.08 Å². The average molecular weight is 388 g/mol. The number of carbonyl (C=O) groups is 1. The van der Waals surface area contributed by atoms with Crippen LogP contribution in [-0.4, -0.2) is 49.4 Å². The number of alkyl carbamates (subject to hydrolysis) is 1. The Kier molecular flexibility index (Phi) is 7.12. The van der Waals surface area contributed by atoms with E-state index >= 15 is 0 Å². The molecule has 0 atom stereocenters. The molecule has 0 spiro atoms. The third-order valence-corrected chi connectivity index (χ3v) is 5.63. The lowest BCUT2D eigenvalue weighted by Gasteiger charge is -2.30. The molecule has 2 aliphatic carbocycles. The Morgan fingerprint density at radius 3 is 2.68 bits per heavy atom. The Bertz CT molecular complexity index is 684. The number of rotatable bonds is 7. The summed E-state index contributed by atoms with van der Waals surface area (Å²) in [6.07, 6.45) is 10.0. The zero-order valence-electron chi connectivity index (χ0n) is 17.2. The van der Waals surface area contributed by atoms with Crippen molar-refractivity contribution in [1.82, 2.24) is 15.3 Å². The Labute approximate surface area is 168 Å². The summed E-state index contributed by atoms with van der Waals surface area (Å²) in [7, 11) is 4.11. The van der Waals surface area contributed by atoms with Gasteiger partial charge in [-0.1, -0.05) is 12.7 Å². The largest absolute Gasteiger partial charge is 0.445 e. The van der Waals surface area contributed by atoms with Crippen molar-refractivity contribution in [2.75, 3.05) is 37.5 Å². The van der Waals surface area contributed by atoms with Gasteiger partial charge in [-0.15, -0.1) is 0 Å². The Morgan fingerprint density at radius 2 is 1.96 bits per heavy atom. The molecular formula is C21H33N5O2. The molecule has 1 heterocycles. The highest BCUT2D eigenvalue weighted by Crippen LogP contribution is 2.30. The second kappa shape index (κ2) is 9.75. The van der Waals surface area contributed by atoms with Crippen molar-refractivity contribution in [3.8, 4) is 0 Å². The van der Waals surface area contributed by atoms with Gasteiger partial charge < -0.3 is 20.3 Å². The van der Waals surface area contributed by atoms with Crippen LogP contribution in [0.15, 0.2) is 12.7 Å². The summed E-state index contributed by atoms with van der Waals surface area (Å²) in [6.45, 7) is 4.46. The SMILES string of the molecule is C=CCOC(=O)NCC1CCC(Nc2nc3c(c(N(C)C)n2)CCCC3)CC1. The molecule has 154 valence electrons. The lowest BCUT2D eigenvalue weighted by Crippen LogP contribution is -2.34. The van der Waals surface area contributed by atoms with Crippen molar-refractivity contribution in [3.63, 3.8) is 0 Å². The highest BCUT2D eigenvalue weighted by atomic mass is 16.5. The molecule has 3 rings (SSSR count). The predicted octanol–water partition coefficient (Wildman–Crippen LogP) is 3.30. The van der Waals surface area contributed by atoms with Gasteiger partial charge in [-0.2, -0.15) is 4.98 Å². The van der Waals surface area contributed by atoms with Gasteiger partial charge in [0, 0.05) is 32.2 Å². The normalized spacial score (nSPS) is 21.4. The smallest absolute Gasteiger partial charge is 0.407 e. The monoisotopic (exact) mass is 387 g/mol. The molecule has 0 aliphatic heterocycles. The fourth-order valence-electron chi connectivity index (χ4n) is 4.12. The lowest BCUT2D eigenvalue weighted by molar-refractivity contribution is 0.155. The average Bonchev–Trinajstić information content (AvgIpc) is 2.71. The van der Waals surface area contributed by atoms with Gasteiger partial charge in [0.2, 0.25) is 5.95 Å². The Hall–Kier alpha value is -2.31. The first kappa shape index (κ1) is 20.4. The van der Waals surface area contributed by atoms with E-state index in [2.05, 4.69) is 36.2 Å². The summed E-state index contributed by atoms with van der Waals surface area (Å²) in [5.74, 6) is 2.32. The van der Waals surface area contributed by atoms with Gasteiger partial charge in [-0.25, -0.2) is 9.78 Å². The molecule has 0 unspecified atom stereocenters. The van der Waals surface area contributed by atoms with E-state index in [4.69, 9.17) is 14.7 Å². The second-order valence-corrected chi connectivity index (χ2v) is 8.03. The number of anilines is 2. The van der Waals surface area contributed by atoms with Gasteiger partial charge >= 0.3 is 6.09 Å². The summed E-state index contributed by atoms with van der Waals surface area (Å²) in [5.41, 5.74) is 2.53. The van der Waals surface area contributed by atoms with Gasteiger partial charge in [0.15, 0.2) is 0 Å². The van der Waals surface area contributed by atoms with Crippen LogP contribution in [-0.2, 0) is 17.6 Å². The van der Waals surface area contributed by atoms with E-state index in [0.29, 0.717) is 18.5 Å². The highest BCUT2D eigenvalue weighted by molar-refractivity contribution is 5.67. The number of nitrogens with zero attached hydrogens (tertiary/aromatic N) is 3. The van der Waals surface area contributed by atoms with Crippen LogP contribution in [0.3, 0.4) is 0 Å². The first-order valence-electron chi connectivity index (χ1n) is 10.4. The van der Waals surface area contributed by atoms with Crippen LogP contribution in [0.5, 0.6) is 0 Å². The van der Waals surface area contributed by atoms with Crippen LogP contribution >= 0.6 is 0 Å². The minimum atomic E-state index is -0.362. The summed E-state index contributed by atoms with van der Waals surface area (Å²) in [4.78, 5) is 23.3. The molecule has 7 nitrogen and oxygen atoms in total. The zero-order valence-corrected chi connectivity index (χ0v) is 17.2. The molecule has 2 N–H and O–H groups in total. The second-order valence-electron chi connectivity index (χ2n) is 8.03. The van der Waals surface area contributed by atoms with E-state index in [-0.39, 0.29) is 12.7 Å². The molecule has 28 heavy (non-hydrogen) atoms. The number of carbonyl (C=O) groups excluding carboxylic acids is 1. The molecule has 1 aromatic heterocycles. The number of aryl methyl sites for hydroxylation is 1. The van der Waals surface area contributed by atoms with Gasteiger partial charge in [0.05, 0.1) is 5.69 Å². The van der Waals surface area contributed by atoms with Crippen LogP contribution < -0.4 is 15.5 Å². The molecule has 1 saturated carbocycles. The summed E-state index contributed by atoms with van der Waals surface area (Å²) < 4.78 is 4.96. The lowest BCUT2D eigenvalue weighted by atomic mass is 9.86. The maximum absolute atomic E-state index is 11.5. The molecule has 0 aromatic carbocycles. The van der Waals surface area contributed by atoms with Crippen LogP contribution in [0.2, 0.25) is 0 Å². The topological polar surface area (TPSA) is 79.4 Å². The quantitative estimate of drug-likeness (QED) is 0.699. The minimum absolute atomic E-state index is 0.248. The van der Waals surface area contributed by atoms with Crippen LogP contribution in [0.25, 0.3) is 0 Å². The van der Waals surface area contributed by atoms with Crippen LogP contribution in [0.4, 0.5) is 16.6 Å². The number of amides is 1. The standard InChI is InChI=1S/C21H33N5O2/c1-4-13-28-21(27)22-14-15-9-11-16(12-10-15)23-20-24-18-8-6-5-7-17(18)19(25-20)26(2)3/h4,15-16H,1,5-14H2,2-3H3,(H,22,27)(H,23,24,25). The van der Waals surface area contributed by atoms with Crippen molar-refractivity contribution in [3.05, 3.63) is 23.9 Å². The first-order chi connectivity index (χ1) is 13.6. The Morgan fingerprint density at radius 1 is 1.21 bits per heavy atom. The molecule has 1 aromatic rings. The van der Waals surface area contributed by atoms with E-state index < -0.39 is 0 Å².